The number of ketones is 1. The maximum Gasteiger partial charge on any atom is 0.146 e. The Morgan fingerprint density at radius 2 is 1.50 bits per heavy atom. The molecule has 2 saturated carbocycles. The van der Waals surface area contributed by atoms with Gasteiger partial charge in [-0.2, -0.15) is 0 Å². The molecule has 2 aliphatic carbocycles. The van der Waals surface area contributed by atoms with Gasteiger partial charge in [-0.3, -0.25) is 4.79 Å². The van der Waals surface area contributed by atoms with Crippen LogP contribution in [0.5, 0.6) is 0 Å². The first-order chi connectivity index (χ1) is 4.61. The Morgan fingerprint density at radius 1 is 1.10 bits per heavy atom. The Hall–Kier alpha value is -0.330. The summed E-state index contributed by atoms with van der Waals surface area (Å²) in [6.45, 7) is 4.27. The number of carbonyl (C=O) groups excluding carboxylic acids is 1. The third kappa shape index (κ3) is 0.446. The average Bonchev–Trinajstić information content (AvgIpc) is 2.35. The van der Waals surface area contributed by atoms with E-state index in [4.69, 9.17) is 0 Å². The second-order valence-electron chi connectivity index (χ2n) is 4.20. The minimum atomic E-state index is 0.102. The topological polar surface area (TPSA) is 17.1 Å². The van der Waals surface area contributed by atoms with Crippen LogP contribution < -0.4 is 0 Å². The maximum absolute atomic E-state index is 11.4. The average molecular weight is 138 g/mol. The van der Waals surface area contributed by atoms with Crippen molar-refractivity contribution in [3.63, 3.8) is 0 Å². The summed E-state index contributed by atoms with van der Waals surface area (Å²) in [5.41, 5.74) is 0.205. The largest absolute Gasteiger partial charge is 0.298 e. The smallest absolute Gasteiger partial charge is 0.146 e. The fourth-order valence-corrected chi connectivity index (χ4v) is 2.51. The van der Waals surface area contributed by atoms with Crippen molar-refractivity contribution in [3.8, 4) is 0 Å². The van der Waals surface area contributed by atoms with E-state index in [2.05, 4.69) is 13.8 Å². The van der Waals surface area contributed by atoms with E-state index in [9.17, 15) is 4.79 Å². The molecule has 0 saturated heterocycles. The molecule has 0 radical (unpaired) electrons. The van der Waals surface area contributed by atoms with Crippen LogP contribution in [0.3, 0.4) is 0 Å². The van der Waals surface area contributed by atoms with Gasteiger partial charge in [0.05, 0.1) is 0 Å². The number of rotatable bonds is 0. The lowest BCUT2D eigenvalue weighted by atomic mass is 9.82. The molecule has 2 rings (SSSR count). The maximum atomic E-state index is 11.4. The molecule has 56 valence electrons. The molecule has 2 aliphatic rings. The number of carbonyl (C=O) groups is 1. The molecule has 0 N–H and O–H groups in total. The van der Waals surface area contributed by atoms with Crippen molar-refractivity contribution < 1.29 is 4.79 Å². The van der Waals surface area contributed by atoms with Gasteiger partial charge in [-0.1, -0.05) is 26.7 Å². The van der Waals surface area contributed by atoms with E-state index in [1.54, 1.807) is 0 Å². The van der Waals surface area contributed by atoms with Gasteiger partial charge in [-0.25, -0.2) is 0 Å². The zero-order valence-corrected chi connectivity index (χ0v) is 6.74. The predicted molar refractivity (Wildman–Crippen MR) is 39.7 cm³/mol. The van der Waals surface area contributed by atoms with Crippen molar-refractivity contribution in [2.45, 2.75) is 39.5 Å². The van der Waals surface area contributed by atoms with Gasteiger partial charge in [0.2, 0.25) is 0 Å². The molecule has 0 spiro atoms. The number of hydrogen-bond acceptors (Lipinski definition) is 1. The fourth-order valence-electron chi connectivity index (χ4n) is 2.51. The van der Waals surface area contributed by atoms with Crippen molar-refractivity contribution in [1.82, 2.24) is 0 Å². The first-order valence-electron chi connectivity index (χ1n) is 4.16. The van der Waals surface area contributed by atoms with Crippen molar-refractivity contribution in [2.75, 3.05) is 0 Å². The van der Waals surface area contributed by atoms with Crippen molar-refractivity contribution in [2.24, 2.45) is 10.8 Å². The molecule has 1 heteroatoms. The summed E-state index contributed by atoms with van der Waals surface area (Å²) < 4.78 is 0. The molecule has 10 heavy (non-hydrogen) atoms. The van der Waals surface area contributed by atoms with Crippen LogP contribution in [0.4, 0.5) is 0 Å². The number of fused-ring (bicyclic) bond motifs is 1. The van der Waals surface area contributed by atoms with E-state index < -0.39 is 0 Å². The van der Waals surface area contributed by atoms with Gasteiger partial charge in [0.15, 0.2) is 0 Å². The van der Waals surface area contributed by atoms with Crippen LogP contribution in [0.15, 0.2) is 0 Å². The van der Waals surface area contributed by atoms with E-state index in [-0.39, 0.29) is 10.8 Å². The fraction of sp³-hybridized carbons (Fsp3) is 0.889. The van der Waals surface area contributed by atoms with E-state index in [1.165, 1.54) is 12.8 Å². The van der Waals surface area contributed by atoms with Crippen LogP contribution in [0.25, 0.3) is 0 Å². The molecule has 2 fully saturated rings. The minimum Gasteiger partial charge on any atom is -0.298 e. The van der Waals surface area contributed by atoms with Gasteiger partial charge in [-0.05, 0) is 12.8 Å². The van der Waals surface area contributed by atoms with Gasteiger partial charge in [0, 0.05) is 10.8 Å². The Morgan fingerprint density at radius 3 is 1.80 bits per heavy atom. The molecule has 0 bridgehead atoms. The Labute approximate surface area is 61.8 Å². The highest BCUT2D eigenvalue weighted by molar-refractivity contribution is 6.07. The lowest BCUT2D eigenvalue weighted by molar-refractivity contribution is -0.114. The van der Waals surface area contributed by atoms with Crippen molar-refractivity contribution in [1.29, 1.82) is 0 Å². The highest BCUT2D eigenvalue weighted by atomic mass is 16.1. The molecule has 0 aliphatic heterocycles. The van der Waals surface area contributed by atoms with Crippen LogP contribution in [-0.2, 0) is 4.79 Å². The molecule has 0 heterocycles. The SMILES string of the molecule is C[C@@]12CCCC[C@]1(C)C2=O. The van der Waals surface area contributed by atoms with Crippen molar-refractivity contribution in [3.05, 3.63) is 0 Å². The number of Topliss-reactive ketones (excluding diaryl/α,β-unsaturated/α-hetero) is 1. The molecule has 0 unspecified atom stereocenters. The van der Waals surface area contributed by atoms with Gasteiger partial charge in [0.1, 0.15) is 5.78 Å². The van der Waals surface area contributed by atoms with Crippen LogP contribution in [0, 0.1) is 10.8 Å². The highest BCUT2D eigenvalue weighted by Gasteiger charge is 2.70. The highest BCUT2D eigenvalue weighted by Crippen LogP contribution is 2.66. The minimum absolute atomic E-state index is 0.102. The molecule has 0 aromatic heterocycles. The third-order valence-electron chi connectivity index (χ3n) is 3.76. The normalized spacial score (nSPS) is 52.4. The molecular formula is C9H14O. The summed E-state index contributed by atoms with van der Waals surface area (Å²) in [7, 11) is 0. The molecule has 2 atom stereocenters. The zero-order chi connectivity index (χ0) is 7.41. The monoisotopic (exact) mass is 138 g/mol. The molecular weight excluding hydrogens is 124 g/mol. The van der Waals surface area contributed by atoms with E-state index >= 15 is 0 Å². The summed E-state index contributed by atoms with van der Waals surface area (Å²) in [6, 6.07) is 0. The van der Waals surface area contributed by atoms with Crippen LogP contribution >= 0.6 is 0 Å². The van der Waals surface area contributed by atoms with E-state index in [0.29, 0.717) is 5.78 Å². The summed E-state index contributed by atoms with van der Waals surface area (Å²) in [6.07, 6.45) is 4.81. The third-order valence-corrected chi connectivity index (χ3v) is 3.76. The van der Waals surface area contributed by atoms with E-state index in [0.717, 1.165) is 12.8 Å². The quantitative estimate of drug-likeness (QED) is 0.501. The zero-order valence-electron chi connectivity index (χ0n) is 6.74. The summed E-state index contributed by atoms with van der Waals surface area (Å²) in [5, 5.41) is 0. The number of hydrogen-bond donors (Lipinski definition) is 0. The van der Waals surface area contributed by atoms with Crippen LogP contribution in [-0.4, -0.2) is 5.78 Å². The van der Waals surface area contributed by atoms with Gasteiger partial charge in [0.25, 0.3) is 0 Å². The first-order valence-corrected chi connectivity index (χ1v) is 4.16. The Kier molecular flexibility index (Phi) is 0.934. The summed E-state index contributed by atoms with van der Waals surface area (Å²) >= 11 is 0. The first kappa shape index (κ1) is 6.38. The predicted octanol–water partition coefficient (Wildman–Crippen LogP) is 2.16. The second-order valence-corrected chi connectivity index (χ2v) is 4.20. The lowest BCUT2D eigenvalue weighted by Gasteiger charge is -2.20. The van der Waals surface area contributed by atoms with E-state index in [1.807, 2.05) is 0 Å². The van der Waals surface area contributed by atoms with Crippen LogP contribution in [0.1, 0.15) is 39.5 Å². The Balaban J connectivity index is 2.30. The molecule has 1 nitrogen and oxygen atoms in total. The summed E-state index contributed by atoms with van der Waals surface area (Å²) in [4.78, 5) is 11.4. The molecule has 0 aromatic rings. The Bertz CT molecular complexity index is 177. The second kappa shape index (κ2) is 1.46. The van der Waals surface area contributed by atoms with Crippen LogP contribution in [0.2, 0.25) is 0 Å². The standard InChI is InChI=1S/C9H14O/c1-8-5-3-4-6-9(8,2)7(8)10/h3-6H2,1-2H3/t8-,9+. The summed E-state index contributed by atoms with van der Waals surface area (Å²) in [5.74, 6) is 0.525. The lowest BCUT2D eigenvalue weighted by Crippen LogP contribution is -2.12. The molecule has 0 aromatic carbocycles. The van der Waals surface area contributed by atoms with Gasteiger partial charge < -0.3 is 0 Å². The van der Waals surface area contributed by atoms with Crippen molar-refractivity contribution >= 4 is 5.78 Å². The molecule has 0 amide bonds. The van der Waals surface area contributed by atoms with Gasteiger partial charge >= 0.3 is 0 Å². The van der Waals surface area contributed by atoms with Gasteiger partial charge in [-0.15, -0.1) is 0 Å².